The van der Waals surface area contributed by atoms with Crippen LogP contribution in [0.2, 0.25) is 5.02 Å². The fourth-order valence-corrected chi connectivity index (χ4v) is 3.78. The number of carbonyl (C=O) groups is 1. The van der Waals surface area contributed by atoms with Gasteiger partial charge in [-0.25, -0.2) is 0 Å². The normalized spacial score (nSPS) is 19.1. The Morgan fingerprint density at radius 1 is 1.37 bits per heavy atom. The SMILES string of the molecule is CC1CN(c2nc(Oc3cncc(C(N)=O)c3)nc3[nH]c(/C=C/Cl)c(Cl)c23)CC1N. The summed E-state index contributed by atoms with van der Waals surface area (Å²) >= 11 is 12.3. The van der Waals surface area contributed by atoms with Crippen LogP contribution in [-0.4, -0.2) is 45.0 Å². The van der Waals surface area contributed by atoms with Gasteiger partial charge in [0.1, 0.15) is 17.2 Å². The van der Waals surface area contributed by atoms with Crippen molar-refractivity contribution < 1.29 is 9.53 Å². The molecular formula is C19H19Cl2N7O2. The number of amides is 1. The quantitative estimate of drug-likeness (QED) is 0.546. The molecule has 1 aliphatic rings. The molecule has 30 heavy (non-hydrogen) atoms. The molecule has 156 valence electrons. The van der Waals surface area contributed by atoms with E-state index in [4.69, 9.17) is 39.4 Å². The molecule has 0 aliphatic carbocycles. The number of fused-ring (bicyclic) bond motifs is 1. The highest BCUT2D eigenvalue weighted by Gasteiger charge is 2.30. The molecule has 0 saturated carbocycles. The Morgan fingerprint density at radius 3 is 2.83 bits per heavy atom. The van der Waals surface area contributed by atoms with Gasteiger partial charge in [-0.15, -0.1) is 0 Å². The summed E-state index contributed by atoms with van der Waals surface area (Å²) in [4.78, 5) is 29.6. The molecule has 3 aromatic heterocycles. The predicted molar refractivity (Wildman–Crippen MR) is 116 cm³/mol. The average molecular weight is 448 g/mol. The van der Waals surface area contributed by atoms with Crippen LogP contribution in [0, 0.1) is 5.92 Å². The number of halogens is 2. The number of hydrogen-bond acceptors (Lipinski definition) is 7. The summed E-state index contributed by atoms with van der Waals surface area (Å²) in [5.74, 6) is 0.556. The molecule has 2 unspecified atom stereocenters. The number of nitrogens with two attached hydrogens (primary N) is 2. The van der Waals surface area contributed by atoms with Gasteiger partial charge in [0, 0.05) is 30.9 Å². The molecule has 0 spiro atoms. The van der Waals surface area contributed by atoms with Gasteiger partial charge in [0.05, 0.1) is 27.9 Å². The molecule has 1 fully saturated rings. The first-order valence-electron chi connectivity index (χ1n) is 9.16. The first-order valence-corrected chi connectivity index (χ1v) is 9.98. The standard InChI is InChI=1S/C19H19Cl2N7O2/c1-9-7-28(8-12(9)22)18-14-15(21)13(2-3-20)25-17(14)26-19(27-18)30-11-4-10(16(23)29)5-24-6-11/h2-6,9,12H,7-8,22H2,1H3,(H2,23,29)(H,25,26,27)/b3-2+. The fourth-order valence-electron chi connectivity index (χ4n) is 3.37. The molecule has 11 heteroatoms. The molecule has 1 saturated heterocycles. The van der Waals surface area contributed by atoms with E-state index in [9.17, 15) is 4.79 Å². The van der Waals surface area contributed by atoms with Crippen LogP contribution in [-0.2, 0) is 0 Å². The van der Waals surface area contributed by atoms with Crippen molar-refractivity contribution in [1.82, 2.24) is 19.9 Å². The van der Waals surface area contributed by atoms with E-state index in [0.717, 1.165) is 0 Å². The van der Waals surface area contributed by atoms with Gasteiger partial charge in [0.15, 0.2) is 0 Å². The number of anilines is 1. The third-order valence-electron chi connectivity index (χ3n) is 4.98. The van der Waals surface area contributed by atoms with Crippen molar-refractivity contribution in [2.24, 2.45) is 17.4 Å². The van der Waals surface area contributed by atoms with Crippen LogP contribution in [0.3, 0.4) is 0 Å². The summed E-state index contributed by atoms with van der Waals surface area (Å²) in [6.07, 6.45) is 4.43. The Morgan fingerprint density at radius 2 is 2.17 bits per heavy atom. The minimum absolute atomic E-state index is 0.00996. The molecule has 0 aromatic carbocycles. The number of aromatic amines is 1. The number of hydrogen-bond donors (Lipinski definition) is 3. The summed E-state index contributed by atoms with van der Waals surface area (Å²) in [5.41, 5.74) is 14.2. The molecule has 0 bridgehead atoms. The van der Waals surface area contributed by atoms with Crippen LogP contribution in [0.15, 0.2) is 24.0 Å². The van der Waals surface area contributed by atoms with E-state index < -0.39 is 5.91 Å². The Labute approximate surface area is 182 Å². The van der Waals surface area contributed by atoms with Gasteiger partial charge in [0.25, 0.3) is 0 Å². The maximum atomic E-state index is 11.4. The molecule has 4 heterocycles. The second kappa shape index (κ2) is 8.10. The van der Waals surface area contributed by atoms with Crippen molar-refractivity contribution >= 4 is 52.0 Å². The van der Waals surface area contributed by atoms with E-state index in [1.165, 1.54) is 24.0 Å². The Kier molecular flexibility index (Phi) is 5.50. The highest BCUT2D eigenvalue weighted by atomic mass is 35.5. The summed E-state index contributed by atoms with van der Waals surface area (Å²) in [5, 5.41) is 1.10. The first-order chi connectivity index (χ1) is 14.4. The molecule has 1 aliphatic heterocycles. The van der Waals surface area contributed by atoms with Crippen molar-refractivity contribution in [2.75, 3.05) is 18.0 Å². The van der Waals surface area contributed by atoms with E-state index in [1.807, 2.05) is 0 Å². The van der Waals surface area contributed by atoms with Gasteiger partial charge in [0.2, 0.25) is 5.91 Å². The molecule has 1 amide bonds. The first kappa shape index (κ1) is 20.4. The molecule has 9 nitrogen and oxygen atoms in total. The predicted octanol–water partition coefficient (Wildman–Crippen LogP) is 2.89. The Hall–Kier alpha value is -2.88. The van der Waals surface area contributed by atoms with Gasteiger partial charge in [-0.3, -0.25) is 9.78 Å². The molecule has 5 N–H and O–H groups in total. The zero-order valence-electron chi connectivity index (χ0n) is 16.0. The van der Waals surface area contributed by atoms with Gasteiger partial charge in [-0.2, -0.15) is 9.97 Å². The van der Waals surface area contributed by atoms with Crippen LogP contribution in [0.5, 0.6) is 11.8 Å². The number of aromatic nitrogens is 4. The number of pyridine rings is 1. The van der Waals surface area contributed by atoms with E-state index in [1.54, 1.807) is 6.08 Å². The van der Waals surface area contributed by atoms with Gasteiger partial charge in [-0.05, 0) is 18.1 Å². The summed E-state index contributed by atoms with van der Waals surface area (Å²) in [6, 6.07) is 1.55. The lowest BCUT2D eigenvalue weighted by Crippen LogP contribution is -2.28. The lowest BCUT2D eigenvalue weighted by atomic mass is 10.1. The Balaban J connectivity index is 1.81. The molecule has 4 rings (SSSR count). The topological polar surface area (TPSA) is 136 Å². The fraction of sp³-hybridized carbons (Fsp3) is 0.263. The number of primary amides is 1. The number of rotatable bonds is 5. The minimum atomic E-state index is -0.612. The highest BCUT2D eigenvalue weighted by Crippen LogP contribution is 2.37. The van der Waals surface area contributed by atoms with Crippen LogP contribution in [0.25, 0.3) is 17.1 Å². The number of ether oxygens (including phenoxy) is 1. The summed E-state index contributed by atoms with van der Waals surface area (Å²) < 4.78 is 5.78. The molecule has 2 atom stereocenters. The van der Waals surface area contributed by atoms with Gasteiger partial charge < -0.3 is 26.1 Å². The molecular weight excluding hydrogens is 429 g/mol. The monoisotopic (exact) mass is 447 g/mol. The summed E-state index contributed by atoms with van der Waals surface area (Å²) in [7, 11) is 0. The number of H-pyrrole nitrogens is 1. The number of nitrogens with one attached hydrogen (secondary N) is 1. The van der Waals surface area contributed by atoms with Crippen molar-refractivity contribution in [3.63, 3.8) is 0 Å². The van der Waals surface area contributed by atoms with E-state index in [2.05, 4.69) is 31.8 Å². The lowest BCUT2D eigenvalue weighted by molar-refractivity contribution is 0.0999. The van der Waals surface area contributed by atoms with Crippen molar-refractivity contribution in [2.45, 2.75) is 13.0 Å². The largest absolute Gasteiger partial charge is 0.423 e. The van der Waals surface area contributed by atoms with Crippen LogP contribution >= 0.6 is 23.2 Å². The van der Waals surface area contributed by atoms with Crippen molar-refractivity contribution in [3.05, 3.63) is 40.3 Å². The van der Waals surface area contributed by atoms with E-state index in [-0.39, 0.29) is 29.3 Å². The maximum Gasteiger partial charge on any atom is 0.326 e. The van der Waals surface area contributed by atoms with Gasteiger partial charge in [-0.1, -0.05) is 30.1 Å². The van der Waals surface area contributed by atoms with Crippen molar-refractivity contribution in [3.8, 4) is 11.8 Å². The summed E-state index contributed by atoms with van der Waals surface area (Å²) in [6.45, 7) is 3.42. The zero-order valence-corrected chi connectivity index (χ0v) is 17.5. The lowest BCUT2D eigenvalue weighted by Gasteiger charge is -2.18. The van der Waals surface area contributed by atoms with Crippen LogP contribution in [0.1, 0.15) is 23.0 Å². The number of carbonyl (C=O) groups excluding carboxylic acids is 1. The Bertz CT molecular complexity index is 1140. The smallest absolute Gasteiger partial charge is 0.326 e. The van der Waals surface area contributed by atoms with Crippen molar-refractivity contribution in [1.29, 1.82) is 0 Å². The third kappa shape index (κ3) is 3.79. The second-order valence-corrected chi connectivity index (χ2v) is 7.75. The maximum absolute atomic E-state index is 11.4. The second-order valence-electron chi connectivity index (χ2n) is 7.12. The van der Waals surface area contributed by atoms with E-state index in [0.29, 0.717) is 40.7 Å². The third-order valence-corrected chi connectivity index (χ3v) is 5.50. The van der Waals surface area contributed by atoms with Crippen LogP contribution in [0.4, 0.5) is 5.82 Å². The van der Waals surface area contributed by atoms with Crippen LogP contribution < -0.4 is 21.1 Å². The number of nitrogens with zero attached hydrogens (tertiary/aromatic N) is 4. The van der Waals surface area contributed by atoms with Gasteiger partial charge >= 0.3 is 6.01 Å². The van der Waals surface area contributed by atoms with E-state index >= 15 is 0 Å². The highest BCUT2D eigenvalue weighted by molar-refractivity contribution is 6.38. The molecule has 0 radical (unpaired) electrons. The zero-order chi connectivity index (χ0) is 21.4. The molecule has 3 aromatic rings. The minimum Gasteiger partial charge on any atom is -0.423 e. The average Bonchev–Trinajstić information content (AvgIpc) is 3.21.